The largest absolute Gasteiger partial charge is 0.459 e. The molecule has 22 heavy (non-hydrogen) atoms. The number of aryl methyl sites for hydroxylation is 1. The van der Waals surface area contributed by atoms with Gasteiger partial charge in [0.25, 0.3) is 5.91 Å². The summed E-state index contributed by atoms with van der Waals surface area (Å²) in [6.45, 7) is 4.88. The highest BCUT2D eigenvalue weighted by Gasteiger charge is 2.24. The molecule has 1 aliphatic heterocycles. The summed E-state index contributed by atoms with van der Waals surface area (Å²) >= 11 is 0. The van der Waals surface area contributed by atoms with Crippen LogP contribution in [0.2, 0.25) is 0 Å². The van der Waals surface area contributed by atoms with Crippen LogP contribution >= 0.6 is 0 Å². The predicted octanol–water partition coefficient (Wildman–Crippen LogP) is 3.15. The average Bonchev–Trinajstić information content (AvgIpc) is 3.22. The number of carbonyl (C=O) groups is 1. The molecule has 1 amide bonds. The zero-order valence-corrected chi connectivity index (χ0v) is 12.9. The molecular weight excluding hydrogens is 276 g/mol. The van der Waals surface area contributed by atoms with Gasteiger partial charge in [0, 0.05) is 6.54 Å². The van der Waals surface area contributed by atoms with Crippen LogP contribution in [0.3, 0.4) is 0 Å². The maximum Gasteiger partial charge on any atom is 0.287 e. The molecule has 3 rings (SSSR count). The zero-order chi connectivity index (χ0) is 15.4. The first-order chi connectivity index (χ1) is 10.7. The van der Waals surface area contributed by atoms with Crippen molar-refractivity contribution in [3.8, 4) is 0 Å². The van der Waals surface area contributed by atoms with Gasteiger partial charge in [0.2, 0.25) is 0 Å². The molecule has 0 bridgehead atoms. The number of nitrogens with one attached hydrogen (secondary N) is 1. The monoisotopic (exact) mass is 298 g/mol. The standard InChI is InChI=1S/C18H22N2O2/c1-14-6-8-15(9-7-14)16(20-10-2-3-11-20)13-19-18(21)17-5-4-12-22-17/h4-9,12,16H,2-3,10-11,13H2,1H3,(H,19,21). The second kappa shape index (κ2) is 6.79. The summed E-state index contributed by atoms with van der Waals surface area (Å²) in [6, 6.07) is 12.2. The van der Waals surface area contributed by atoms with Crippen molar-refractivity contribution in [2.75, 3.05) is 19.6 Å². The van der Waals surface area contributed by atoms with Gasteiger partial charge in [0.15, 0.2) is 5.76 Å². The molecule has 0 radical (unpaired) electrons. The number of likely N-dealkylation sites (tertiary alicyclic amines) is 1. The Morgan fingerprint density at radius 2 is 1.95 bits per heavy atom. The first-order valence-electron chi connectivity index (χ1n) is 7.86. The van der Waals surface area contributed by atoms with Crippen LogP contribution in [0, 0.1) is 6.92 Å². The molecule has 4 heteroatoms. The topological polar surface area (TPSA) is 45.5 Å². The fourth-order valence-corrected chi connectivity index (χ4v) is 2.98. The summed E-state index contributed by atoms with van der Waals surface area (Å²) < 4.78 is 5.15. The van der Waals surface area contributed by atoms with Gasteiger partial charge in [-0.15, -0.1) is 0 Å². The van der Waals surface area contributed by atoms with Gasteiger partial charge in [-0.3, -0.25) is 9.69 Å². The molecule has 1 aliphatic rings. The molecule has 0 aliphatic carbocycles. The number of benzene rings is 1. The summed E-state index contributed by atoms with van der Waals surface area (Å²) in [6.07, 6.45) is 3.98. The number of hydrogen-bond acceptors (Lipinski definition) is 3. The lowest BCUT2D eigenvalue weighted by Gasteiger charge is -2.28. The number of hydrogen-bond donors (Lipinski definition) is 1. The van der Waals surface area contributed by atoms with Crippen LogP contribution in [-0.4, -0.2) is 30.4 Å². The summed E-state index contributed by atoms with van der Waals surface area (Å²) in [7, 11) is 0. The molecule has 4 nitrogen and oxygen atoms in total. The lowest BCUT2D eigenvalue weighted by atomic mass is 10.0. The van der Waals surface area contributed by atoms with E-state index < -0.39 is 0 Å². The summed E-state index contributed by atoms with van der Waals surface area (Å²) in [5.41, 5.74) is 2.51. The van der Waals surface area contributed by atoms with Gasteiger partial charge in [-0.2, -0.15) is 0 Å². The third-order valence-electron chi connectivity index (χ3n) is 4.24. The van der Waals surface area contributed by atoms with Crippen molar-refractivity contribution in [2.45, 2.75) is 25.8 Å². The Balaban J connectivity index is 1.71. The smallest absolute Gasteiger partial charge is 0.287 e. The molecule has 0 saturated carbocycles. The lowest BCUT2D eigenvalue weighted by molar-refractivity contribution is 0.0910. The Morgan fingerprint density at radius 1 is 1.23 bits per heavy atom. The Kier molecular flexibility index (Phi) is 4.59. The Hall–Kier alpha value is -2.07. The molecule has 2 heterocycles. The van der Waals surface area contributed by atoms with E-state index in [0.29, 0.717) is 12.3 Å². The van der Waals surface area contributed by atoms with Crippen LogP contribution in [0.5, 0.6) is 0 Å². The molecule has 1 atom stereocenters. The Labute approximate surface area is 131 Å². The minimum atomic E-state index is -0.152. The van der Waals surface area contributed by atoms with Crippen molar-refractivity contribution in [3.63, 3.8) is 0 Å². The zero-order valence-electron chi connectivity index (χ0n) is 12.9. The van der Waals surface area contributed by atoms with Crippen LogP contribution < -0.4 is 5.32 Å². The number of amides is 1. The maximum absolute atomic E-state index is 12.1. The van der Waals surface area contributed by atoms with Gasteiger partial charge in [0.1, 0.15) is 0 Å². The van der Waals surface area contributed by atoms with Crippen LogP contribution in [0.4, 0.5) is 0 Å². The van der Waals surface area contributed by atoms with Crippen molar-refractivity contribution in [1.29, 1.82) is 0 Å². The van der Waals surface area contributed by atoms with E-state index in [1.165, 1.54) is 30.2 Å². The molecule has 0 spiro atoms. The van der Waals surface area contributed by atoms with Gasteiger partial charge in [0.05, 0.1) is 12.3 Å². The van der Waals surface area contributed by atoms with E-state index in [2.05, 4.69) is 41.4 Å². The van der Waals surface area contributed by atoms with Crippen molar-refractivity contribution >= 4 is 5.91 Å². The summed E-state index contributed by atoms with van der Waals surface area (Å²) in [5, 5.41) is 3.00. The number of carbonyl (C=O) groups excluding carboxylic acids is 1. The number of rotatable bonds is 5. The van der Waals surface area contributed by atoms with E-state index in [4.69, 9.17) is 4.42 Å². The minimum Gasteiger partial charge on any atom is -0.459 e. The first kappa shape index (κ1) is 14.9. The van der Waals surface area contributed by atoms with Gasteiger partial charge < -0.3 is 9.73 Å². The maximum atomic E-state index is 12.1. The van der Waals surface area contributed by atoms with Gasteiger partial charge in [-0.05, 0) is 50.6 Å². The molecule has 1 saturated heterocycles. The first-order valence-corrected chi connectivity index (χ1v) is 7.86. The molecule has 1 unspecified atom stereocenters. The fraction of sp³-hybridized carbons (Fsp3) is 0.389. The molecule has 116 valence electrons. The van der Waals surface area contributed by atoms with E-state index in [1.54, 1.807) is 12.1 Å². The summed E-state index contributed by atoms with van der Waals surface area (Å²) in [5.74, 6) is 0.213. The molecule has 1 fully saturated rings. The van der Waals surface area contributed by atoms with E-state index in [0.717, 1.165) is 13.1 Å². The molecule has 2 aromatic rings. The van der Waals surface area contributed by atoms with Crippen molar-refractivity contribution in [2.24, 2.45) is 0 Å². The van der Waals surface area contributed by atoms with E-state index in [9.17, 15) is 4.79 Å². The van der Waals surface area contributed by atoms with Crippen LogP contribution in [0.15, 0.2) is 47.1 Å². The van der Waals surface area contributed by atoms with Crippen molar-refractivity contribution in [3.05, 3.63) is 59.5 Å². The number of nitrogens with zero attached hydrogens (tertiary/aromatic N) is 1. The Morgan fingerprint density at radius 3 is 2.59 bits per heavy atom. The summed E-state index contributed by atoms with van der Waals surface area (Å²) in [4.78, 5) is 14.5. The van der Waals surface area contributed by atoms with Crippen LogP contribution in [-0.2, 0) is 0 Å². The molecule has 1 N–H and O–H groups in total. The van der Waals surface area contributed by atoms with Crippen molar-refractivity contribution < 1.29 is 9.21 Å². The van der Waals surface area contributed by atoms with Gasteiger partial charge in [-0.1, -0.05) is 29.8 Å². The third-order valence-corrected chi connectivity index (χ3v) is 4.24. The molecule has 1 aromatic heterocycles. The predicted molar refractivity (Wildman–Crippen MR) is 85.8 cm³/mol. The third kappa shape index (κ3) is 3.39. The molecule has 1 aromatic carbocycles. The second-order valence-corrected chi connectivity index (χ2v) is 5.86. The SMILES string of the molecule is Cc1ccc(C(CNC(=O)c2ccco2)N2CCCC2)cc1. The minimum absolute atomic E-state index is 0.152. The number of furan rings is 1. The lowest BCUT2D eigenvalue weighted by Crippen LogP contribution is -2.36. The Bertz CT molecular complexity index is 599. The average molecular weight is 298 g/mol. The fourth-order valence-electron chi connectivity index (χ4n) is 2.98. The second-order valence-electron chi connectivity index (χ2n) is 5.86. The van der Waals surface area contributed by atoms with Crippen LogP contribution in [0.1, 0.15) is 40.6 Å². The van der Waals surface area contributed by atoms with Gasteiger partial charge >= 0.3 is 0 Å². The highest BCUT2D eigenvalue weighted by molar-refractivity contribution is 5.91. The highest BCUT2D eigenvalue weighted by atomic mass is 16.3. The van der Waals surface area contributed by atoms with Crippen molar-refractivity contribution in [1.82, 2.24) is 10.2 Å². The highest BCUT2D eigenvalue weighted by Crippen LogP contribution is 2.25. The molecular formula is C18H22N2O2. The normalized spacial score (nSPS) is 16.6. The van der Waals surface area contributed by atoms with E-state index in [1.807, 2.05) is 0 Å². The van der Waals surface area contributed by atoms with E-state index >= 15 is 0 Å². The van der Waals surface area contributed by atoms with Crippen LogP contribution in [0.25, 0.3) is 0 Å². The van der Waals surface area contributed by atoms with E-state index in [-0.39, 0.29) is 11.9 Å². The van der Waals surface area contributed by atoms with Gasteiger partial charge in [-0.25, -0.2) is 0 Å². The quantitative estimate of drug-likeness (QED) is 0.922.